The van der Waals surface area contributed by atoms with Gasteiger partial charge in [-0.05, 0) is 36.5 Å². The summed E-state index contributed by atoms with van der Waals surface area (Å²) in [6.45, 7) is 4.33. The lowest BCUT2D eigenvalue weighted by Gasteiger charge is -2.23. The predicted octanol–water partition coefficient (Wildman–Crippen LogP) is 1.87. The van der Waals surface area contributed by atoms with Crippen molar-refractivity contribution in [2.45, 2.75) is 32.7 Å². The van der Waals surface area contributed by atoms with Gasteiger partial charge >= 0.3 is 5.97 Å². The second-order valence-corrected chi connectivity index (χ2v) is 5.62. The minimum absolute atomic E-state index is 0.000922. The van der Waals surface area contributed by atoms with Gasteiger partial charge in [-0.15, -0.1) is 0 Å². The number of nitrogens with zero attached hydrogens (tertiary/aromatic N) is 1. The van der Waals surface area contributed by atoms with Crippen LogP contribution in [-0.4, -0.2) is 41.6 Å². The molecule has 2 unspecified atom stereocenters. The summed E-state index contributed by atoms with van der Waals surface area (Å²) in [7, 11) is 1.59. The Labute approximate surface area is 124 Å². The van der Waals surface area contributed by atoms with E-state index in [1.165, 1.54) is 4.90 Å². The van der Waals surface area contributed by atoms with E-state index in [-0.39, 0.29) is 18.2 Å². The Kier molecular flexibility index (Phi) is 4.50. The number of rotatable bonds is 4. The molecule has 1 N–H and O–H groups in total. The number of carbonyl (C=O) groups excluding carboxylic acids is 1. The third kappa shape index (κ3) is 3.17. The van der Waals surface area contributed by atoms with Crippen LogP contribution in [0.3, 0.4) is 0 Å². The lowest BCUT2D eigenvalue weighted by atomic mass is 10.0. The number of carboxylic acids is 1. The molecule has 1 aliphatic rings. The first kappa shape index (κ1) is 15.4. The Morgan fingerprint density at radius 3 is 2.76 bits per heavy atom. The minimum Gasteiger partial charge on any atom is -0.496 e. The smallest absolute Gasteiger partial charge is 0.326 e. The summed E-state index contributed by atoms with van der Waals surface area (Å²) in [5.74, 6) is -0.323. The lowest BCUT2D eigenvalue weighted by molar-refractivity contribution is -0.149. The molecule has 1 aromatic carbocycles. The maximum absolute atomic E-state index is 12.4. The molecule has 114 valence electrons. The number of benzene rings is 1. The van der Waals surface area contributed by atoms with Crippen LogP contribution in [0.1, 0.15) is 24.5 Å². The van der Waals surface area contributed by atoms with Gasteiger partial charge in [0, 0.05) is 6.54 Å². The highest BCUT2D eigenvalue weighted by atomic mass is 16.5. The third-order valence-corrected chi connectivity index (χ3v) is 4.10. The summed E-state index contributed by atoms with van der Waals surface area (Å²) in [5.41, 5.74) is 1.85. The maximum atomic E-state index is 12.4. The van der Waals surface area contributed by atoms with Crippen LogP contribution in [-0.2, 0) is 16.0 Å². The van der Waals surface area contributed by atoms with E-state index in [1.54, 1.807) is 7.11 Å². The summed E-state index contributed by atoms with van der Waals surface area (Å²) < 4.78 is 5.25. The number of ether oxygens (including phenoxy) is 1. The monoisotopic (exact) mass is 291 g/mol. The molecule has 1 aliphatic heterocycles. The van der Waals surface area contributed by atoms with Crippen molar-refractivity contribution in [3.8, 4) is 5.75 Å². The fraction of sp³-hybridized carbons (Fsp3) is 0.500. The zero-order chi connectivity index (χ0) is 15.6. The quantitative estimate of drug-likeness (QED) is 0.919. The molecule has 1 fully saturated rings. The van der Waals surface area contributed by atoms with Crippen molar-refractivity contribution in [1.29, 1.82) is 0 Å². The molecular weight excluding hydrogens is 270 g/mol. The molecule has 0 aliphatic carbocycles. The molecule has 1 amide bonds. The van der Waals surface area contributed by atoms with E-state index in [4.69, 9.17) is 4.74 Å². The second kappa shape index (κ2) is 6.16. The highest BCUT2D eigenvalue weighted by molar-refractivity contribution is 5.85. The summed E-state index contributed by atoms with van der Waals surface area (Å²) in [6.07, 6.45) is 0.938. The Bertz CT molecular complexity index is 555. The van der Waals surface area contributed by atoms with Gasteiger partial charge in [-0.2, -0.15) is 0 Å². The molecule has 5 heteroatoms. The van der Waals surface area contributed by atoms with E-state index >= 15 is 0 Å². The number of hydrogen-bond donors (Lipinski definition) is 1. The van der Waals surface area contributed by atoms with Gasteiger partial charge in [0.1, 0.15) is 11.8 Å². The van der Waals surface area contributed by atoms with Crippen LogP contribution in [0.4, 0.5) is 0 Å². The first-order valence-electron chi connectivity index (χ1n) is 7.10. The molecule has 1 aromatic rings. The molecule has 1 saturated heterocycles. The Hall–Kier alpha value is -2.04. The van der Waals surface area contributed by atoms with Gasteiger partial charge in [0.05, 0.1) is 13.5 Å². The van der Waals surface area contributed by atoms with E-state index in [0.29, 0.717) is 6.54 Å². The maximum Gasteiger partial charge on any atom is 0.326 e. The number of amides is 1. The molecule has 2 rings (SSSR count). The van der Waals surface area contributed by atoms with Crippen molar-refractivity contribution in [2.24, 2.45) is 5.92 Å². The molecule has 21 heavy (non-hydrogen) atoms. The van der Waals surface area contributed by atoms with Crippen LogP contribution < -0.4 is 4.74 Å². The van der Waals surface area contributed by atoms with Gasteiger partial charge in [0.25, 0.3) is 0 Å². The molecule has 5 nitrogen and oxygen atoms in total. The first-order valence-corrected chi connectivity index (χ1v) is 7.10. The van der Waals surface area contributed by atoms with Gasteiger partial charge < -0.3 is 14.7 Å². The SMILES string of the molecule is COc1cc(CC(=O)N2CCC(C)C2C(=O)O)ccc1C. The molecule has 0 spiro atoms. The molecular formula is C16H21NO4. The Morgan fingerprint density at radius 1 is 1.43 bits per heavy atom. The summed E-state index contributed by atoms with van der Waals surface area (Å²) in [6, 6.07) is 4.92. The van der Waals surface area contributed by atoms with Crippen molar-refractivity contribution in [3.05, 3.63) is 29.3 Å². The van der Waals surface area contributed by atoms with Crippen molar-refractivity contribution in [2.75, 3.05) is 13.7 Å². The van der Waals surface area contributed by atoms with Crippen LogP contribution in [0, 0.1) is 12.8 Å². The largest absolute Gasteiger partial charge is 0.496 e. The molecule has 0 radical (unpaired) electrons. The molecule has 1 heterocycles. The zero-order valence-corrected chi connectivity index (χ0v) is 12.6. The summed E-state index contributed by atoms with van der Waals surface area (Å²) in [5, 5.41) is 9.27. The molecule has 0 aromatic heterocycles. The highest BCUT2D eigenvalue weighted by Crippen LogP contribution is 2.26. The zero-order valence-electron chi connectivity index (χ0n) is 12.6. The third-order valence-electron chi connectivity index (χ3n) is 4.10. The van der Waals surface area contributed by atoms with Crippen molar-refractivity contribution in [3.63, 3.8) is 0 Å². The van der Waals surface area contributed by atoms with Crippen molar-refractivity contribution in [1.82, 2.24) is 4.90 Å². The number of aliphatic carboxylic acids is 1. The van der Waals surface area contributed by atoms with Crippen LogP contribution in [0.15, 0.2) is 18.2 Å². The fourth-order valence-corrected chi connectivity index (χ4v) is 2.85. The van der Waals surface area contributed by atoms with E-state index in [2.05, 4.69) is 0 Å². The van der Waals surface area contributed by atoms with Gasteiger partial charge in [-0.1, -0.05) is 19.1 Å². The van der Waals surface area contributed by atoms with E-state index < -0.39 is 12.0 Å². The average molecular weight is 291 g/mol. The van der Waals surface area contributed by atoms with Gasteiger partial charge in [0.2, 0.25) is 5.91 Å². The minimum atomic E-state index is -0.921. The number of hydrogen-bond acceptors (Lipinski definition) is 3. The molecule has 0 bridgehead atoms. The Morgan fingerprint density at radius 2 is 2.14 bits per heavy atom. The second-order valence-electron chi connectivity index (χ2n) is 5.62. The van der Waals surface area contributed by atoms with Crippen molar-refractivity contribution >= 4 is 11.9 Å². The normalized spacial score (nSPS) is 21.4. The van der Waals surface area contributed by atoms with Gasteiger partial charge in [-0.3, -0.25) is 4.79 Å². The first-order chi connectivity index (χ1) is 9.93. The summed E-state index contributed by atoms with van der Waals surface area (Å²) >= 11 is 0. The molecule has 0 saturated carbocycles. The van der Waals surface area contributed by atoms with Crippen LogP contribution in [0.5, 0.6) is 5.75 Å². The average Bonchev–Trinajstić information content (AvgIpc) is 2.83. The van der Waals surface area contributed by atoms with Crippen LogP contribution in [0.2, 0.25) is 0 Å². The number of methoxy groups -OCH3 is 1. The predicted molar refractivity (Wildman–Crippen MR) is 78.4 cm³/mol. The number of carbonyl (C=O) groups is 2. The van der Waals surface area contributed by atoms with Crippen molar-refractivity contribution < 1.29 is 19.4 Å². The number of aryl methyl sites for hydroxylation is 1. The lowest BCUT2D eigenvalue weighted by Crippen LogP contribution is -2.43. The topological polar surface area (TPSA) is 66.8 Å². The standard InChI is InChI=1S/C16H21NO4/c1-10-4-5-12(8-13(10)21-3)9-14(18)17-7-6-11(2)15(17)16(19)20/h4-5,8,11,15H,6-7,9H2,1-3H3,(H,19,20). The number of likely N-dealkylation sites (tertiary alicyclic amines) is 1. The van der Waals surface area contributed by atoms with Crippen LogP contribution in [0.25, 0.3) is 0 Å². The number of carboxylic acid groups (broad SMARTS) is 1. The fourth-order valence-electron chi connectivity index (χ4n) is 2.85. The summed E-state index contributed by atoms with van der Waals surface area (Å²) in [4.78, 5) is 25.2. The van der Waals surface area contributed by atoms with E-state index in [0.717, 1.165) is 23.3 Å². The van der Waals surface area contributed by atoms with Crippen LogP contribution >= 0.6 is 0 Å². The van der Waals surface area contributed by atoms with E-state index in [1.807, 2.05) is 32.0 Å². The Balaban J connectivity index is 2.13. The highest BCUT2D eigenvalue weighted by Gasteiger charge is 2.39. The van der Waals surface area contributed by atoms with E-state index in [9.17, 15) is 14.7 Å². The van der Waals surface area contributed by atoms with Gasteiger partial charge in [0.15, 0.2) is 0 Å². The van der Waals surface area contributed by atoms with Gasteiger partial charge in [-0.25, -0.2) is 4.79 Å². The molecule has 2 atom stereocenters.